The van der Waals surface area contributed by atoms with Crippen LogP contribution < -0.4 is 0 Å². The van der Waals surface area contributed by atoms with Gasteiger partial charge in [-0.15, -0.1) is 0 Å². The van der Waals surface area contributed by atoms with Gasteiger partial charge in [0.1, 0.15) is 6.61 Å². The van der Waals surface area contributed by atoms with Crippen LogP contribution in [0.25, 0.3) is 0 Å². The molecule has 0 N–H and O–H groups in total. The number of esters is 1. The van der Waals surface area contributed by atoms with E-state index in [1.165, 1.54) is 0 Å². The molecule has 0 amide bonds. The summed E-state index contributed by atoms with van der Waals surface area (Å²) < 4.78 is 6.17. The van der Waals surface area contributed by atoms with Crippen LogP contribution in [0.4, 0.5) is 0 Å². The van der Waals surface area contributed by atoms with Crippen molar-refractivity contribution in [3.63, 3.8) is 0 Å². The fourth-order valence-corrected chi connectivity index (χ4v) is 2.14. The van der Waals surface area contributed by atoms with Crippen LogP contribution in [0.3, 0.4) is 0 Å². The van der Waals surface area contributed by atoms with Gasteiger partial charge in [-0.1, -0.05) is 41.9 Å². The third-order valence-corrected chi connectivity index (χ3v) is 3.36. The first kappa shape index (κ1) is 13.4. The first-order valence-electron chi connectivity index (χ1n) is 5.33. The zero-order valence-electron chi connectivity index (χ0n) is 9.40. The molecular weight excluding hydrogens is 363 g/mol. The van der Waals surface area contributed by atoms with E-state index in [0.29, 0.717) is 10.6 Å². The fourth-order valence-electron chi connectivity index (χ4n) is 1.45. The molecule has 0 aromatic heterocycles. The van der Waals surface area contributed by atoms with Gasteiger partial charge in [0, 0.05) is 3.57 Å². The topological polar surface area (TPSA) is 26.3 Å². The summed E-state index contributed by atoms with van der Waals surface area (Å²) in [5.41, 5.74) is 1.35. The van der Waals surface area contributed by atoms with E-state index >= 15 is 0 Å². The summed E-state index contributed by atoms with van der Waals surface area (Å²) in [4.78, 5) is 11.9. The molecule has 0 spiro atoms. The molecule has 0 unspecified atom stereocenters. The number of benzene rings is 2. The van der Waals surface area contributed by atoms with Crippen LogP contribution in [-0.2, 0) is 11.3 Å². The van der Waals surface area contributed by atoms with Crippen LogP contribution >= 0.6 is 34.2 Å². The smallest absolute Gasteiger partial charge is 0.340 e. The van der Waals surface area contributed by atoms with E-state index in [4.69, 9.17) is 16.3 Å². The first-order chi connectivity index (χ1) is 8.66. The Morgan fingerprint density at radius 1 is 1.17 bits per heavy atom. The molecule has 0 aliphatic carbocycles. The van der Waals surface area contributed by atoms with Gasteiger partial charge in [0.05, 0.1) is 10.6 Å². The average molecular weight is 373 g/mol. The Morgan fingerprint density at radius 2 is 1.89 bits per heavy atom. The second kappa shape index (κ2) is 6.20. The van der Waals surface area contributed by atoms with Gasteiger partial charge in [-0.25, -0.2) is 4.79 Å². The Hall–Kier alpha value is -1.07. The molecule has 18 heavy (non-hydrogen) atoms. The quantitative estimate of drug-likeness (QED) is 0.593. The summed E-state index contributed by atoms with van der Waals surface area (Å²) in [6.07, 6.45) is 0. The van der Waals surface area contributed by atoms with E-state index in [-0.39, 0.29) is 6.61 Å². The Kier molecular flexibility index (Phi) is 4.60. The lowest BCUT2D eigenvalue weighted by molar-refractivity contribution is 0.0473. The van der Waals surface area contributed by atoms with Gasteiger partial charge >= 0.3 is 5.97 Å². The van der Waals surface area contributed by atoms with Crippen LogP contribution in [0.2, 0.25) is 5.02 Å². The van der Waals surface area contributed by atoms with Crippen molar-refractivity contribution >= 4 is 40.2 Å². The van der Waals surface area contributed by atoms with E-state index in [2.05, 4.69) is 22.6 Å². The first-order valence-corrected chi connectivity index (χ1v) is 6.78. The van der Waals surface area contributed by atoms with Gasteiger partial charge in [-0.05, 0) is 46.4 Å². The third-order valence-electron chi connectivity index (χ3n) is 2.36. The lowest BCUT2D eigenvalue weighted by atomic mass is 10.2. The second-order valence-electron chi connectivity index (χ2n) is 3.69. The second-order valence-corrected chi connectivity index (χ2v) is 5.34. The van der Waals surface area contributed by atoms with E-state index in [0.717, 1.165) is 9.13 Å². The summed E-state index contributed by atoms with van der Waals surface area (Å²) in [6, 6.07) is 14.8. The maximum absolute atomic E-state index is 11.9. The normalized spacial score (nSPS) is 10.1. The Labute approximate surface area is 124 Å². The third kappa shape index (κ3) is 3.46. The number of carbonyl (C=O) groups is 1. The number of hydrogen-bond acceptors (Lipinski definition) is 2. The van der Waals surface area contributed by atoms with Crippen molar-refractivity contribution in [3.05, 3.63) is 68.3 Å². The maximum atomic E-state index is 11.9. The number of rotatable bonds is 3. The van der Waals surface area contributed by atoms with E-state index in [1.54, 1.807) is 12.1 Å². The highest BCUT2D eigenvalue weighted by Gasteiger charge is 2.12. The summed E-state index contributed by atoms with van der Waals surface area (Å²) in [5.74, 6) is -0.401. The molecule has 2 aromatic rings. The van der Waals surface area contributed by atoms with E-state index < -0.39 is 5.97 Å². The minimum absolute atomic E-state index is 0.251. The molecule has 0 bridgehead atoms. The molecule has 0 heterocycles. The predicted molar refractivity (Wildman–Crippen MR) is 79.7 cm³/mol. The number of carbonyl (C=O) groups excluding carboxylic acids is 1. The highest BCUT2D eigenvalue weighted by atomic mass is 127. The van der Waals surface area contributed by atoms with Crippen molar-refractivity contribution in [1.29, 1.82) is 0 Å². The standard InChI is InChI=1S/C14H10ClIO2/c15-13-7-6-11(16)8-12(13)14(17)18-9-10-4-2-1-3-5-10/h1-8H,9H2. The van der Waals surface area contributed by atoms with Crippen LogP contribution in [0.15, 0.2) is 48.5 Å². The molecule has 0 aliphatic heterocycles. The maximum Gasteiger partial charge on any atom is 0.340 e. The van der Waals surface area contributed by atoms with Crippen molar-refractivity contribution in [2.24, 2.45) is 0 Å². The minimum atomic E-state index is -0.401. The zero-order valence-corrected chi connectivity index (χ0v) is 12.3. The molecule has 2 rings (SSSR count). The Bertz CT molecular complexity index is 555. The number of hydrogen-bond donors (Lipinski definition) is 0. The van der Waals surface area contributed by atoms with Crippen molar-refractivity contribution in [2.75, 3.05) is 0 Å². The molecule has 2 aromatic carbocycles. The van der Waals surface area contributed by atoms with E-state index in [9.17, 15) is 4.79 Å². The molecule has 0 aliphatic rings. The van der Waals surface area contributed by atoms with Crippen molar-refractivity contribution in [2.45, 2.75) is 6.61 Å². The van der Waals surface area contributed by atoms with E-state index in [1.807, 2.05) is 36.4 Å². The molecular formula is C14H10ClIO2. The lowest BCUT2D eigenvalue weighted by Crippen LogP contribution is -2.06. The molecule has 2 nitrogen and oxygen atoms in total. The largest absolute Gasteiger partial charge is 0.457 e. The van der Waals surface area contributed by atoms with Gasteiger partial charge in [0.15, 0.2) is 0 Å². The Balaban J connectivity index is 2.06. The highest BCUT2D eigenvalue weighted by Crippen LogP contribution is 2.20. The monoisotopic (exact) mass is 372 g/mol. The van der Waals surface area contributed by atoms with Gasteiger partial charge in [-0.3, -0.25) is 0 Å². The molecule has 0 fully saturated rings. The summed E-state index contributed by atoms with van der Waals surface area (Å²) in [7, 11) is 0. The predicted octanol–water partition coefficient (Wildman–Crippen LogP) is 4.30. The molecule has 92 valence electrons. The number of halogens is 2. The van der Waals surface area contributed by atoms with Crippen LogP contribution in [-0.4, -0.2) is 5.97 Å². The van der Waals surface area contributed by atoms with Crippen molar-refractivity contribution < 1.29 is 9.53 Å². The highest BCUT2D eigenvalue weighted by molar-refractivity contribution is 14.1. The van der Waals surface area contributed by atoms with Gasteiger partial charge < -0.3 is 4.74 Å². The molecule has 0 atom stereocenters. The van der Waals surface area contributed by atoms with Crippen molar-refractivity contribution in [1.82, 2.24) is 0 Å². The van der Waals surface area contributed by atoms with Crippen LogP contribution in [0.1, 0.15) is 15.9 Å². The lowest BCUT2D eigenvalue weighted by Gasteiger charge is -2.06. The number of ether oxygens (including phenoxy) is 1. The van der Waals surface area contributed by atoms with Gasteiger partial charge in [0.2, 0.25) is 0 Å². The molecule has 4 heteroatoms. The SMILES string of the molecule is O=C(OCc1ccccc1)c1cc(I)ccc1Cl. The zero-order chi connectivity index (χ0) is 13.0. The van der Waals surface area contributed by atoms with Crippen molar-refractivity contribution in [3.8, 4) is 0 Å². The van der Waals surface area contributed by atoms with Gasteiger partial charge in [-0.2, -0.15) is 0 Å². The fraction of sp³-hybridized carbons (Fsp3) is 0.0714. The Morgan fingerprint density at radius 3 is 2.61 bits per heavy atom. The van der Waals surface area contributed by atoms with Gasteiger partial charge in [0.25, 0.3) is 0 Å². The van der Waals surface area contributed by atoms with Crippen LogP contribution in [0.5, 0.6) is 0 Å². The molecule has 0 saturated heterocycles. The molecule has 0 saturated carbocycles. The van der Waals surface area contributed by atoms with Crippen LogP contribution in [0, 0.1) is 3.57 Å². The molecule has 0 radical (unpaired) electrons. The minimum Gasteiger partial charge on any atom is -0.457 e. The average Bonchev–Trinajstić information content (AvgIpc) is 2.40. The summed E-state index contributed by atoms with van der Waals surface area (Å²) in [6.45, 7) is 0.251. The summed E-state index contributed by atoms with van der Waals surface area (Å²) in [5, 5.41) is 0.411. The summed E-state index contributed by atoms with van der Waals surface area (Å²) >= 11 is 8.10.